The van der Waals surface area contributed by atoms with Crippen LogP contribution in [0.3, 0.4) is 0 Å². The number of rotatable bonds is 3. The molecule has 2 aromatic heterocycles. The molecule has 0 amide bonds. The Labute approximate surface area is 99.7 Å². The Morgan fingerprint density at radius 1 is 1.41 bits per heavy atom. The number of Topliss-reactive ketones (excluding diaryl/α,β-unsaturated/α-hetero) is 1. The molecule has 0 aromatic carbocycles. The van der Waals surface area contributed by atoms with E-state index in [4.69, 9.17) is 0 Å². The molecular formula is C13H15N3O. The van der Waals surface area contributed by atoms with Gasteiger partial charge in [-0.05, 0) is 18.9 Å². The molecule has 1 aliphatic rings. The number of fused-ring (bicyclic) bond motifs is 1. The van der Waals surface area contributed by atoms with Crippen LogP contribution in [0.15, 0.2) is 24.8 Å². The molecule has 0 unspecified atom stereocenters. The van der Waals surface area contributed by atoms with Crippen molar-refractivity contribution in [2.45, 2.75) is 32.2 Å². The quantitative estimate of drug-likeness (QED) is 0.874. The van der Waals surface area contributed by atoms with Gasteiger partial charge in [0.05, 0.1) is 6.33 Å². The third-order valence-corrected chi connectivity index (χ3v) is 3.37. The Hall–Kier alpha value is -1.84. The molecule has 2 heterocycles. The zero-order valence-electron chi connectivity index (χ0n) is 9.65. The van der Waals surface area contributed by atoms with Gasteiger partial charge in [0.1, 0.15) is 0 Å². The summed E-state index contributed by atoms with van der Waals surface area (Å²) in [6.07, 6.45) is 9.22. The van der Waals surface area contributed by atoms with E-state index in [-0.39, 0.29) is 0 Å². The van der Waals surface area contributed by atoms with Crippen LogP contribution in [-0.4, -0.2) is 20.3 Å². The zero-order chi connectivity index (χ0) is 11.7. The van der Waals surface area contributed by atoms with Gasteiger partial charge in [-0.1, -0.05) is 0 Å². The van der Waals surface area contributed by atoms with E-state index in [9.17, 15) is 4.79 Å². The lowest BCUT2D eigenvalue weighted by Crippen LogP contribution is -2.13. The molecule has 0 spiro atoms. The fourth-order valence-electron chi connectivity index (χ4n) is 2.46. The minimum Gasteiger partial charge on any atom is -0.350 e. The summed E-state index contributed by atoms with van der Waals surface area (Å²) >= 11 is 0. The van der Waals surface area contributed by atoms with E-state index >= 15 is 0 Å². The highest BCUT2D eigenvalue weighted by Crippen LogP contribution is 2.22. The first-order valence-corrected chi connectivity index (χ1v) is 6.03. The molecule has 0 bridgehead atoms. The zero-order valence-corrected chi connectivity index (χ0v) is 9.65. The van der Waals surface area contributed by atoms with Gasteiger partial charge in [0.15, 0.2) is 5.78 Å². The van der Waals surface area contributed by atoms with Crippen LogP contribution in [0.1, 0.15) is 34.6 Å². The Kier molecular flexibility index (Phi) is 2.55. The van der Waals surface area contributed by atoms with E-state index in [0.717, 1.165) is 37.1 Å². The van der Waals surface area contributed by atoms with Crippen molar-refractivity contribution in [2.75, 3.05) is 0 Å². The van der Waals surface area contributed by atoms with Crippen LogP contribution in [0, 0.1) is 0 Å². The summed E-state index contributed by atoms with van der Waals surface area (Å²) in [5.74, 6) is 0.298. The molecule has 0 fully saturated rings. The van der Waals surface area contributed by atoms with Crippen LogP contribution in [0.25, 0.3) is 0 Å². The molecule has 3 rings (SSSR count). The van der Waals surface area contributed by atoms with Gasteiger partial charge < -0.3 is 9.55 Å². The van der Waals surface area contributed by atoms with Crippen LogP contribution in [-0.2, 0) is 19.4 Å². The average Bonchev–Trinajstić information content (AvgIpc) is 2.95. The molecule has 2 aromatic rings. The third kappa shape index (κ3) is 1.90. The van der Waals surface area contributed by atoms with E-state index in [1.165, 1.54) is 5.69 Å². The second kappa shape index (κ2) is 4.20. The Balaban J connectivity index is 1.78. The number of carbonyl (C=O) groups is 1. The standard InChI is InChI=1S/C13H15N3O/c17-13-3-1-2-12-11(13)5-7-16(12)6-4-10-8-14-9-15-10/h5,7-9H,1-4,6H2,(H,14,15). The predicted molar refractivity (Wildman–Crippen MR) is 64.0 cm³/mol. The number of imidazole rings is 1. The van der Waals surface area contributed by atoms with Crippen molar-refractivity contribution >= 4 is 5.78 Å². The number of aromatic amines is 1. The largest absolute Gasteiger partial charge is 0.350 e. The molecule has 88 valence electrons. The fourth-order valence-corrected chi connectivity index (χ4v) is 2.46. The lowest BCUT2D eigenvalue weighted by Gasteiger charge is -2.14. The minimum absolute atomic E-state index is 0.298. The normalized spacial score (nSPS) is 14.9. The Morgan fingerprint density at radius 2 is 2.35 bits per heavy atom. The van der Waals surface area contributed by atoms with Crippen molar-refractivity contribution in [3.8, 4) is 0 Å². The third-order valence-electron chi connectivity index (χ3n) is 3.37. The van der Waals surface area contributed by atoms with Crippen molar-refractivity contribution in [3.05, 3.63) is 41.7 Å². The number of nitrogens with one attached hydrogen (secondary N) is 1. The van der Waals surface area contributed by atoms with Crippen molar-refractivity contribution in [2.24, 2.45) is 0 Å². The highest BCUT2D eigenvalue weighted by atomic mass is 16.1. The number of nitrogens with zero attached hydrogens (tertiary/aromatic N) is 2. The monoisotopic (exact) mass is 229 g/mol. The second-order valence-electron chi connectivity index (χ2n) is 4.47. The van der Waals surface area contributed by atoms with Crippen molar-refractivity contribution in [1.29, 1.82) is 0 Å². The number of H-pyrrole nitrogens is 1. The van der Waals surface area contributed by atoms with E-state index in [0.29, 0.717) is 12.2 Å². The van der Waals surface area contributed by atoms with Crippen molar-refractivity contribution in [3.63, 3.8) is 0 Å². The second-order valence-corrected chi connectivity index (χ2v) is 4.47. The predicted octanol–water partition coefficient (Wildman–Crippen LogP) is 1.97. The summed E-state index contributed by atoms with van der Waals surface area (Å²) in [6.45, 7) is 0.908. The summed E-state index contributed by atoms with van der Waals surface area (Å²) in [5, 5.41) is 0. The summed E-state index contributed by atoms with van der Waals surface area (Å²) in [5.41, 5.74) is 3.27. The molecule has 0 radical (unpaired) electrons. The highest BCUT2D eigenvalue weighted by molar-refractivity contribution is 5.98. The summed E-state index contributed by atoms with van der Waals surface area (Å²) in [7, 11) is 0. The summed E-state index contributed by atoms with van der Waals surface area (Å²) in [4.78, 5) is 18.8. The van der Waals surface area contributed by atoms with Gasteiger partial charge in [-0.2, -0.15) is 0 Å². The van der Waals surface area contributed by atoms with Crippen LogP contribution >= 0.6 is 0 Å². The fraction of sp³-hybridized carbons (Fsp3) is 0.385. The van der Waals surface area contributed by atoms with Crippen LogP contribution < -0.4 is 0 Å². The van der Waals surface area contributed by atoms with Crippen molar-refractivity contribution in [1.82, 2.24) is 14.5 Å². The van der Waals surface area contributed by atoms with E-state index in [1.807, 2.05) is 18.5 Å². The van der Waals surface area contributed by atoms with Crippen LogP contribution in [0.4, 0.5) is 0 Å². The van der Waals surface area contributed by atoms with Crippen LogP contribution in [0.2, 0.25) is 0 Å². The molecule has 0 atom stereocenters. The Morgan fingerprint density at radius 3 is 3.18 bits per heavy atom. The maximum absolute atomic E-state index is 11.7. The van der Waals surface area contributed by atoms with Gasteiger partial charge in [0, 0.05) is 48.7 Å². The van der Waals surface area contributed by atoms with E-state index < -0.39 is 0 Å². The molecule has 4 heteroatoms. The maximum atomic E-state index is 11.7. The molecule has 4 nitrogen and oxygen atoms in total. The van der Waals surface area contributed by atoms with Gasteiger partial charge in [-0.15, -0.1) is 0 Å². The number of hydrogen-bond donors (Lipinski definition) is 1. The highest BCUT2D eigenvalue weighted by Gasteiger charge is 2.20. The van der Waals surface area contributed by atoms with E-state index in [2.05, 4.69) is 14.5 Å². The van der Waals surface area contributed by atoms with Gasteiger partial charge in [0.2, 0.25) is 0 Å². The number of ketones is 1. The molecule has 17 heavy (non-hydrogen) atoms. The first kappa shape index (κ1) is 10.3. The topological polar surface area (TPSA) is 50.7 Å². The molecule has 0 saturated heterocycles. The van der Waals surface area contributed by atoms with Crippen molar-refractivity contribution < 1.29 is 4.79 Å². The average molecular weight is 229 g/mol. The van der Waals surface area contributed by atoms with E-state index in [1.54, 1.807) is 6.33 Å². The van der Waals surface area contributed by atoms with Gasteiger partial charge >= 0.3 is 0 Å². The Bertz CT molecular complexity index is 525. The first-order chi connectivity index (χ1) is 8.34. The first-order valence-electron chi connectivity index (χ1n) is 6.03. The number of hydrogen-bond acceptors (Lipinski definition) is 2. The molecule has 1 aliphatic carbocycles. The smallest absolute Gasteiger partial charge is 0.164 e. The van der Waals surface area contributed by atoms with Gasteiger partial charge in [-0.25, -0.2) is 4.98 Å². The lowest BCUT2D eigenvalue weighted by molar-refractivity contribution is 0.0972. The van der Waals surface area contributed by atoms with Gasteiger partial charge in [-0.3, -0.25) is 4.79 Å². The summed E-state index contributed by atoms with van der Waals surface area (Å²) in [6, 6.07) is 1.96. The SMILES string of the molecule is O=C1CCCc2c1ccn2CCc1cnc[nH]1. The maximum Gasteiger partial charge on any atom is 0.164 e. The van der Waals surface area contributed by atoms with Crippen LogP contribution in [0.5, 0.6) is 0 Å². The summed E-state index contributed by atoms with van der Waals surface area (Å²) < 4.78 is 2.20. The number of carbonyl (C=O) groups excluding carboxylic acids is 1. The minimum atomic E-state index is 0.298. The molecule has 0 saturated carbocycles. The number of aromatic nitrogens is 3. The molecule has 1 N–H and O–H groups in total. The van der Waals surface area contributed by atoms with Gasteiger partial charge in [0.25, 0.3) is 0 Å². The molecular weight excluding hydrogens is 214 g/mol. The lowest BCUT2D eigenvalue weighted by atomic mass is 9.97. The number of aryl methyl sites for hydroxylation is 2. The molecule has 0 aliphatic heterocycles.